The molecule has 1 atom stereocenters. The smallest absolute Gasteiger partial charge is 0.280 e. The Morgan fingerprint density at radius 2 is 2.05 bits per heavy atom. The second kappa shape index (κ2) is 6.67. The fourth-order valence-electron chi connectivity index (χ4n) is 2.60. The van der Waals surface area contributed by atoms with Crippen molar-refractivity contribution in [3.05, 3.63) is 18.1 Å². The molecule has 0 bridgehead atoms. The minimum absolute atomic E-state index is 0.0743. The molecule has 8 heteroatoms. The Morgan fingerprint density at radius 1 is 1.38 bits per heavy atom. The SMILES string of the molecule is C[C@@H](NS(=O)(=O)N(C)C1CCCCC1)c1nccc(N)n1. The lowest BCUT2D eigenvalue weighted by atomic mass is 9.96. The van der Waals surface area contributed by atoms with E-state index in [-0.39, 0.29) is 6.04 Å². The van der Waals surface area contributed by atoms with Crippen molar-refractivity contribution in [1.82, 2.24) is 19.0 Å². The summed E-state index contributed by atoms with van der Waals surface area (Å²) >= 11 is 0. The van der Waals surface area contributed by atoms with Gasteiger partial charge >= 0.3 is 0 Å². The predicted octanol–water partition coefficient (Wildman–Crippen LogP) is 1.22. The molecule has 3 N–H and O–H groups in total. The highest BCUT2D eigenvalue weighted by Gasteiger charge is 2.29. The molecule has 0 aromatic carbocycles. The van der Waals surface area contributed by atoms with Crippen LogP contribution in [-0.4, -0.2) is 35.8 Å². The van der Waals surface area contributed by atoms with Crippen LogP contribution in [0.4, 0.5) is 5.82 Å². The summed E-state index contributed by atoms with van der Waals surface area (Å²) < 4.78 is 28.9. The Labute approximate surface area is 126 Å². The van der Waals surface area contributed by atoms with E-state index in [1.54, 1.807) is 20.0 Å². The van der Waals surface area contributed by atoms with Crippen molar-refractivity contribution >= 4 is 16.0 Å². The number of nitrogens with zero attached hydrogens (tertiary/aromatic N) is 3. The average Bonchev–Trinajstić information content (AvgIpc) is 2.47. The molecule has 0 spiro atoms. The molecular weight excluding hydrogens is 290 g/mol. The highest BCUT2D eigenvalue weighted by Crippen LogP contribution is 2.23. The van der Waals surface area contributed by atoms with Gasteiger partial charge in [0.15, 0.2) is 0 Å². The van der Waals surface area contributed by atoms with Crippen LogP contribution in [0.5, 0.6) is 0 Å². The minimum atomic E-state index is -3.56. The number of hydrogen-bond donors (Lipinski definition) is 2. The highest BCUT2D eigenvalue weighted by molar-refractivity contribution is 7.87. The van der Waals surface area contributed by atoms with Crippen LogP contribution in [0, 0.1) is 0 Å². The summed E-state index contributed by atoms with van der Waals surface area (Å²) in [6.45, 7) is 1.71. The molecule has 1 fully saturated rings. The van der Waals surface area contributed by atoms with E-state index in [9.17, 15) is 8.42 Å². The Balaban J connectivity index is 2.05. The van der Waals surface area contributed by atoms with Gasteiger partial charge in [0, 0.05) is 19.3 Å². The molecule has 0 radical (unpaired) electrons. The molecule has 7 nitrogen and oxygen atoms in total. The van der Waals surface area contributed by atoms with E-state index in [0.717, 1.165) is 25.7 Å². The molecule has 1 aromatic rings. The van der Waals surface area contributed by atoms with Gasteiger partial charge in [0.05, 0.1) is 6.04 Å². The van der Waals surface area contributed by atoms with Crippen molar-refractivity contribution in [2.75, 3.05) is 12.8 Å². The Morgan fingerprint density at radius 3 is 2.67 bits per heavy atom. The molecule has 0 unspecified atom stereocenters. The number of nitrogens with two attached hydrogens (primary N) is 1. The van der Waals surface area contributed by atoms with E-state index in [1.165, 1.54) is 16.9 Å². The summed E-state index contributed by atoms with van der Waals surface area (Å²) in [6, 6.07) is 1.12. The maximum Gasteiger partial charge on any atom is 0.280 e. The molecule has 1 aliphatic rings. The molecule has 1 heterocycles. The largest absolute Gasteiger partial charge is 0.384 e. The van der Waals surface area contributed by atoms with Crippen LogP contribution in [-0.2, 0) is 10.2 Å². The first-order valence-electron chi connectivity index (χ1n) is 7.24. The van der Waals surface area contributed by atoms with Crippen LogP contribution < -0.4 is 10.5 Å². The Kier molecular flexibility index (Phi) is 5.13. The van der Waals surface area contributed by atoms with Gasteiger partial charge in [0.1, 0.15) is 11.6 Å². The summed E-state index contributed by atoms with van der Waals surface area (Å²) in [5, 5.41) is 0. The van der Waals surface area contributed by atoms with Crippen LogP contribution in [0.2, 0.25) is 0 Å². The van der Waals surface area contributed by atoms with E-state index >= 15 is 0 Å². The maximum absolute atomic E-state index is 12.4. The highest BCUT2D eigenvalue weighted by atomic mass is 32.2. The first kappa shape index (κ1) is 16.1. The molecule has 21 heavy (non-hydrogen) atoms. The summed E-state index contributed by atoms with van der Waals surface area (Å²) in [6.07, 6.45) is 6.70. The number of nitrogen functional groups attached to an aromatic ring is 1. The maximum atomic E-state index is 12.4. The third-order valence-corrected chi connectivity index (χ3v) is 5.58. The third kappa shape index (κ3) is 4.12. The summed E-state index contributed by atoms with van der Waals surface area (Å²) in [7, 11) is -1.93. The normalized spacial score (nSPS) is 18.8. The molecule has 0 aliphatic heterocycles. The molecule has 1 aromatic heterocycles. The fraction of sp³-hybridized carbons (Fsp3) is 0.692. The molecule has 118 valence electrons. The van der Waals surface area contributed by atoms with Gasteiger partial charge in [-0.05, 0) is 25.8 Å². The molecule has 0 amide bonds. The van der Waals surface area contributed by atoms with Crippen LogP contribution >= 0.6 is 0 Å². The number of anilines is 1. The number of hydrogen-bond acceptors (Lipinski definition) is 5. The number of nitrogens with one attached hydrogen (secondary N) is 1. The van der Waals surface area contributed by atoms with Gasteiger partial charge in [-0.25, -0.2) is 9.97 Å². The zero-order valence-electron chi connectivity index (χ0n) is 12.5. The van der Waals surface area contributed by atoms with Gasteiger partial charge in [-0.1, -0.05) is 19.3 Å². The van der Waals surface area contributed by atoms with Gasteiger partial charge in [-0.2, -0.15) is 17.4 Å². The van der Waals surface area contributed by atoms with E-state index in [4.69, 9.17) is 5.73 Å². The Hall–Kier alpha value is -1.25. The van der Waals surface area contributed by atoms with Crippen molar-refractivity contribution in [2.24, 2.45) is 0 Å². The molecule has 1 saturated carbocycles. The molecule has 2 rings (SSSR count). The zero-order valence-corrected chi connectivity index (χ0v) is 13.3. The van der Waals surface area contributed by atoms with Gasteiger partial charge in [-0.3, -0.25) is 0 Å². The molecule has 1 aliphatic carbocycles. The lowest BCUT2D eigenvalue weighted by molar-refractivity contribution is 0.281. The average molecular weight is 313 g/mol. The quantitative estimate of drug-likeness (QED) is 0.851. The van der Waals surface area contributed by atoms with E-state index < -0.39 is 16.3 Å². The Bertz CT molecular complexity index is 572. The van der Waals surface area contributed by atoms with Crippen LogP contribution in [0.1, 0.15) is 50.9 Å². The van der Waals surface area contributed by atoms with Crippen LogP contribution in [0.15, 0.2) is 12.3 Å². The first-order chi connectivity index (χ1) is 9.90. The lowest BCUT2D eigenvalue weighted by Crippen LogP contribution is -2.45. The summed E-state index contributed by atoms with van der Waals surface area (Å²) in [4.78, 5) is 8.11. The van der Waals surface area contributed by atoms with Crippen molar-refractivity contribution in [3.63, 3.8) is 0 Å². The van der Waals surface area contributed by atoms with E-state index in [2.05, 4.69) is 14.7 Å². The zero-order chi connectivity index (χ0) is 15.5. The van der Waals surface area contributed by atoms with Gasteiger partial charge in [0.2, 0.25) is 0 Å². The summed E-state index contributed by atoms with van der Waals surface area (Å²) in [5.74, 6) is 0.697. The van der Waals surface area contributed by atoms with Crippen molar-refractivity contribution in [2.45, 2.75) is 51.1 Å². The predicted molar refractivity (Wildman–Crippen MR) is 81.6 cm³/mol. The number of rotatable bonds is 5. The van der Waals surface area contributed by atoms with Crippen molar-refractivity contribution in [3.8, 4) is 0 Å². The third-order valence-electron chi connectivity index (χ3n) is 3.88. The molecule has 0 saturated heterocycles. The van der Waals surface area contributed by atoms with Crippen molar-refractivity contribution < 1.29 is 8.42 Å². The first-order valence-corrected chi connectivity index (χ1v) is 8.68. The molecular formula is C13H23N5O2S. The van der Waals surface area contributed by atoms with Gasteiger partial charge in [-0.15, -0.1) is 0 Å². The number of aromatic nitrogens is 2. The van der Waals surface area contributed by atoms with Gasteiger partial charge < -0.3 is 5.73 Å². The van der Waals surface area contributed by atoms with Crippen LogP contribution in [0.25, 0.3) is 0 Å². The summed E-state index contributed by atoms with van der Waals surface area (Å²) in [5.41, 5.74) is 5.60. The fourth-order valence-corrected chi connectivity index (χ4v) is 3.92. The standard InChI is InChI=1S/C13H23N5O2S/c1-10(13-15-9-8-12(14)16-13)17-21(19,20)18(2)11-6-4-3-5-7-11/h8-11,17H,3-7H2,1-2H3,(H2,14,15,16)/t10-/m1/s1. The minimum Gasteiger partial charge on any atom is -0.384 e. The van der Waals surface area contributed by atoms with E-state index in [1.807, 2.05) is 0 Å². The topological polar surface area (TPSA) is 101 Å². The van der Waals surface area contributed by atoms with E-state index in [0.29, 0.717) is 11.6 Å². The monoisotopic (exact) mass is 313 g/mol. The van der Waals surface area contributed by atoms with Crippen LogP contribution in [0.3, 0.4) is 0 Å². The van der Waals surface area contributed by atoms with Gasteiger partial charge in [0.25, 0.3) is 10.2 Å². The second-order valence-electron chi connectivity index (χ2n) is 5.49. The lowest BCUT2D eigenvalue weighted by Gasteiger charge is -2.31. The van der Waals surface area contributed by atoms with Crippen molar-refractivity contribution in [1.29, 1.82) is 0 Å². The second-order valence-corrected chi connectivity index (χ2v) is 7.25.